The van der Waals surface area contributed by atoms with Gasteiger partial charge in [-0.15, -0.1) is 0 Å². The lowest BCUT2D eigenvalue weighted by molar-refractivity contribution is 0.102. The summed E-state index contributed by atoms with van der Waals surface area (Å²) in [6.07, 6.45) is 3.75. The monoisotopic (exact) mass is 474 g/mol. The van der Waals surface area contributed by atoms with E-state index in [-0.39, 0.29) is 10.8 Å². The molecule has 8 heteroatoms. The quantitative estimate of drug-likeness (QED) is 0.371. The van der Waals surface area contributed by atoms with E-state index in [9.17, 15) is 13.2 Å². The van der Waals surface area contributed by atoms with Crippen molar-refractivity contribution in [1.82, 2.24) is 9.55 Å². The molecule has 0 aliphatic rings. The van der Waals surface area contributed by atoms with Gasteiger partial charge in [-0.05, 0) is 54.1 Å². The Kier molecular flexibility index (Phi) is 6.79. The number of hydrogen-bond donors (Lipinski definition) is 2. The first-order valence-electron chi connectivity index (χ1n) is 10.9. The molecule has 34 heavy (non-hydrogen) atoms. The summed E-state index contributed by atoms with van der Waals surface area (Å²) in [4.78, 5) is 17.3. The summed E-state index contributed by atoms with van der Waals surface area (Å²) < 4.78 is 29.6. The highest BCUT2D eigenvalue weighted by molar-refractivity contribution is 7.92. The lowest BCUT2D eigenvalue weighted by atomic mass is 10.1. The van der Waals surface area contributed by atoms with Crippen molar-refractivity contribution < 1.29 is 13.2 Å². The third kappa shape index (κ3) is 5.52. The van der Waals surface area contributed by atoms with Crippen LogP contribution in [0.15, 0.2) is 96.2 Å². The molecule has 0 atom stereocenters. The molecular formula is C26H26N4O3S. The maximum atomic E-state index is 12.7. The summed E-state index contributed by atoms with van der Waals surface area (Å²) >= 11 is 0. The molecule has 2 N–H and O–H groups in total. The second kappa shape index (κ2) is 9.93. The Labute approximate surface area is 199 Å². The van der Waals surface area contributed by atoms with Crippen LogP contribution in [0.5, 0.6) is 0 Å². The van der Waals surface area contributed by atoms with E-state index in [2.05, 4.69) is 33.4 Å². The Balaban J connectivity index is 1.42. The zero-order valence-electron chi connectivity index (χ0n) is 19.0. The van der Waals surface area contributed by atoms with Crippen molar-refractivity contribution in [1.29, 1.82) is 0 Å². The van der Waals surface area contributed by atoms with Crippen LogP contribution in [-0.4, -0.2) is 23.9 Å². The van der Waals surface area contributed by atoms with Crippen molar-refractivity contribution in [2.45, 2.75) is 31.2 Å². The molecule has 0 bridgehead atoms. The summed E-state index contributed by atoms with van der Waals surface area (Å²) in [5, 5.41) is 2.91. The van der Waals surface area contributed by atoms with Crippen LogP contribution < -0.4 is 10.0 Å². The zero-order chi connectivity index (χ0) is 24.1. The Morgan fingerprint density at radius 3 is 2.38 bits per heavy atom. The second-order valence-corrected chi connectivity index (χ2v) is 9.90. The summed E-state index contributed by atoms with van der Waals surface area (Å²) in [6.45, 7) is 4.87. The number of anilines is 2. The number of sulfonamides is 1. The number of rotatable bonds is 8. The van der Waals surface area contributed by atoms with Crippen LogP contribution in [0.2, 0.25) is 0 Å². The lowest BCUT2D eigenvalue weighted by Crippen LogP contribution is -2.14. The average molecular weight is 475 g/mol. The van der Waals surface area contributed by atoms with Gasteiger partial charge in [-0.2, -0.15) is 0 Å². The van der Waals surface area contributed by atoms with Gasteiger partial charge < -0.3 is 9.88 Å². The highest BCUT2D eigenvalue weighted by Gasteiger charge is 2.14. The van der Waals surface area contributed by atoms with E-state index >= 15 is 0 Å². The summed E-state index contributed by atoms with van der Waals surface area (Å²) in [7, 11) is -3.69. The van der Waals surface area contributed by atoms with E-state index in [1.165, 1.54) is 12.1 Å². The van der Waals surface area contributed by atoms with E-state index < -0.39 is 10.0 Å². The zero-order valence-corrected chi connectivity index (χ0v) is 19.8. The molecule has 4 rings (SSSR count). The average Bonchev–Trinajstić information content (AvgIpc) is 3.28. The first-order chi connectivity index (χ1) is 16.3. The largest absolute Gasteiger partial charge is 0.330 e. The number of imidazole rings is 1. The van der Waals surface area contributed by atoms with Gasteiger partial charge in [0.05, 0.1) is 4.90 Å². The van der Waals surface area contributed by atoms with E-state index in [1.807, 2.05) is 30.5 Å². The van der Waals surface area contributed by atoms with Gasteiger partial charge in [0, 0.05) is 41.8 Å². The molecule has 3 aromatic carbocycles. The molecule has 0 spiro atoms. The first kappa shape index (κ1) is 23.3. The van der Waals surface area contributed by atoms with Crippen molar-refractivity contribution in [2.24, 2.45) is 0 Å². The van der Waals surface area contributed by atoms with Crippen molar-refractivity contribution in [3.05, 3.63) is 108 Å². The summed E-state index contributed by atoms with van der Waals surface area (Å²) in [5.41, 5.74) is 2.53. The van der Waals surface area contributed by atoms with Crippen LogP contribution in [0, 0.1) is 0 Å². The number of carbonyl (C=O) groups excluding carboxylic acids is 1. The topological polar surface area (TPSA) is 93.1 Å². The predicted molar refractivity (Wildman–Crippen MR) is 134 cm³/mol. The van der Waals surface area contributed by atoms with Crippen LogP contribution in [0.25, 0.3) is 0 Å². The maximum absolute atomic E-state index is 12.7. The first-order valence-corrected chi connectivity index (χ1v) is 12.4. The smallest absolute Gasteiger partial charge is 0.261 e. The fourth-order valence-electron chi connectivity index (χ4n) is 3.61. The molecule has 0 saturated heterocycles. The highest BCUT2D eigenvalue weighted by Crippen LogP contribution is 2.19. The normalized spacial score (nSPS) is 11.4. The molecule has 0 radical (unpaired) electrons. The molecule has 1 amide bonds. The molecule has 0 fully saturated rings. The SMILES string of the molecule is CC(C)c1nccn1Cc1cccc(NC(=O)c2ccc(NS(=O)(=O)c3ccccc3)cc2)c1. The Morgan fingerprint density at radius 2 is 1.68 bits per heavy atom. The lowest BCUT2D eigenvalue weighted by Gasteiger charge is -2.12. The van der Waals surface area contributed by atoms with E-state index in [1.54, 1.807) is 48.7 Å². The molecule has 4 aromatic rings. The van der Waals surface area contributed by atoms with Gasteiger partial charge in [0.1, 0.15) is 5.82 Å². The van der Waals surface area contributed by atoms with Crippen LogP contribution >= 0.6 is 0 Å². The Hall–Kier alpha value is -3.91. The van der Waals surface area contributed by atoms with Gasteiger partial charge in [0.25, 0.3) is 15.9 Å². The third-order valence-electron chi connectivity index (χ3n) is 5.25. The molecule has 0 unspecified atom stereocenters. The van der Waals surface area contributed by atoms with Crippen molar-refractivity contribution in [2.75, 3.05) is 10.0 Å². The minimum Gasteiger partial charge on any atom is -0.330 e. The minimum absolute atomic E-state index is 0.174. The van der Waals surface area contributed by atoms with Crippen LogP contribution in [-0.2, 0) is 16.6 Å². The Bertz CT molecular complexity index is 1380. The number of hydrogen-bond acceptors (Lipinski definition) is 4. The van der Waals surface area contributed by atoms with E-state index in [0.29, 0.717) is 29.4 Å². The molecule has 0 saturated carbocycles. The van der Waals surface area contributed by atoms with Gasteiger partial charge in [0.15, 0.2) is 0 Å². The van der Waals surface area contributed by atoms with Crippen LogP contribution in [0.4, 0.5) is 11.4 Å². The number of nitrogens with zero attached hydrogens (tertiary/aromatic N) is 2. The maximum Gasteiger partial charge on any atom is 0.261 e. The summed E-state index contributed by atoms with van der Waals surface area (Å²) in [6, 6.07) is 22.1. The fourth-order valence-corrected chi connectivity index (χ4v) is 4.69. The van der Waals surface area contributed by atoms with E-state index in [0.717, 1.165) is 11.4 Å². The summed E-state index contributed by atoms with van der Waals surface area (Å²) in [5.74, 6) is 1.05. The van der Waals surface area contributed by atoms with Gasteiger partial charge in [-0.25, -0.2) is 13.4 Å². The Morgan fingerprint density at radius 1 is 0.941 bits per heavy atom. The molecular weight excluding hydrogens is 448 g/mol. The van der Waals surface area contributed by atoms with Crippen LogP contribution in [0.3, 0.4) is 0 Å². The van der Waals surface area contributed by atoms with Crippen LogP contribution in [0.1, 0.15) is 41.5 Å². The van der Waals surface area contributed by atoms with Gasteiger partial charge in [-0.3, -0.25) is 9.52 Å². The number of benzene rings is 3. The van der Waals surface area contributed by atoms with Gasteiger partial charge >= 0.3 is 0 Å². The molecule has 1 aromatic heterocycles. The highest BCUT2D eigenvalue weighted by atomic mass is 32.2. The fraction of sp³-hybridized carbons (Fsp3) is 0.154. The number of nitrogens with one attached hydrogen (secondary N) is 2. The standard InChI is InChI=1S/C26H26N4O3S/c1-19(2)25-27-15-16-30(25)18-20-7-6-8-23(17-20)28-26(31)21-11-13-22(14-12-21)29-34(32,33)24-9-4-3-5-10-24/h3-17,19,29H,18H2,1-2H3,(H,28,31). The van der Waals surface area contributed by atoms with Crippen molar-refractivity contribution >= 4 is 27.3 Å². The van der Waals surface area contributed by atoms with Gasteiger partial charge in [0.2, 0.25) is 0 Å². The third-order valence-corrected chi connectivity index (χ3v) is 6.65. The molecule has 174 valence electrons. The molecule has 7 nitrogen and oxygen atoms in total. The number of carbonyl (C=O) groups is 1. The van der Waals surface area contributed by atoms with Crippen molar-refractivity contribution in [3.8, 4) is 0 Å². The van der Waals surface area contributed by atoms with Gasteiger partial charge in [-0.1, -0.05) is 44.2 Å². The number of aromatic nitrogens is 2. The molecule has 1 heterocycles. The predicted octanol–water partition coefficient (Wildman–Crippen LogP) is 5.11. The van der Waals surface area contributed by atoms with Crippen molar-refractivity contribution in [3.63, 3.8) is 0 Å². The minimum atomic E-state index is -3.69. The second-order valence-electron chi connectivity index (χ2n) is 8.22. The van der Waals surface area contributed by atoms with E-state index in [4.69, 9.17) is 0 Å². The number of amides is 1. The molecule has 0 aliphatic carbocycles. The molecule has 0 aliphatic heterocycles.